The minimum Gasteiger partial charge on any atom is -0.435 e. The quantitative estimate of drug-likeness (QED) is 0.815. The highest BCUT2D eigenvalue weighted by Gasteiger charge is 2.60. The Balaban J connectivity index is 1.99. The zero-order valence-corrected chi connectivity index (χ0v) is 13.2. The Labute approximate surface area is 129 Å². The number of halogens is 2. The summed E-state index contributed by atoms with van der Waals surface area (Å²) in [7, 11) is 0. The highest BCUT2D eigenvalue weighted by atomic mass is 19.3. The SMILES string of the molecule is CC(C)=C[C@H]1[C@H](C(=O)Nc2ccc(OC(F)F)cc2)C1(C)C. The molecule has 0 aromatic heterocycles. The van der Waals surface area contributed by atoms with Gasteiger partial charge >= 0.3 is 6.61 Å². The second kappa shape index (κ2) is 6.07. The number of carbonyl (C=O) groups is 1. The molecular weight excluding hydrogens is 288 g/mol. The molecule has 120 valence electrons. The Bertz CT molecular complexity index is 575. The molecule has 1 amide bonds. The summed E-state index contributed by atoms with van der Waals surface area (Å²) in [6.45, 7) is 5.33. The van der Waals surface area contributed by atoms with Crippen LogP contribution in [0.15, 0.2) is 35.9 Å². The van der Waals surface area contributed by atoms with Gasteiger partial charge in [-0.25, -0.2) is 0 Å². The van der Waals surface area contributed by atoms with E-state index in [-0.39, 0.29) is 28.9 Å². The van der Waals surface area contributed by atoms with Crippen molar-refractivity contribution in [1.82, 2.24) is 0 Å². The number of alkyl halides is 2. The first-order chi connectivity index (χ1) is 10.2. The Morgan fingerprint density at radius 2 is 1.86 bits per heavy atom. The van der Waals surface area contributed by atoms with E-state index in [1.165, 1.54) is 17.7 Å². The third kappa shape index (κ3) is 3.64. The number of anilines is 1. The molecule has 0 unspecified atom stereocenters. The zero-order chi connectivity index (χ0) is 16.5. The molecule has 1 aliphatic rings. The van der Waals surface area contributed by atoms with Crippen molar-refractivity contribution in [3.63, 3.8) is 0 Å². The van der Waals surface area contributed by atoms with E-state index in [4.69, 9.17) is 0 Å². The van der Waals surface area contributed by atoms with Crippen molar-refractivity contribution in [3.8, 4) is 5.75 Å². The van der Waals surface area contributed by atoms with Gasteiger partial charge in [-0.05, 0) is 49.4 Å². The van der Waals surface area contributed by atoms with Gasteiger partial charge in [0.25, 0.3) is 0 Å². The molecule has 0 spiro atoms. The normalized spacial score (nSPS) is 22.1. The highest BCUT2D eigenvalue weighted by Crippen LogP contribution is 2.59. The van der Waals surface area contributed by atoms with Crippen LogP contribution in [0.2, 0.25) is 0 Å². The van der Waals surface area contributed by atoms with E-state index in [2.05, 4.69) is 30.0 Å². The number of hydrogen-bond donors (Lipinski definition) is 1. The number of rotatable bonds is 5. The first-order valence-corrected chi connectivity index (χ1v) is 7.22. The third-order valence-electron chi connectivity index (χ3n) is 4.05. The topological polar surface area (TPSA) is 38.3 Å². The summed E-state index contributed by atoms with van der Waals surface area (Å²) in [6, 6.07) is 5.93. The van der Waals surface area contributed by atoms with Crippen LogP contribution in [0.4, 0.5) is 14.5 Å². The van der Waals surface area contributed by atoms with Crippen LogP contribution in [0.5, 0.6) is 5.75 Å². The van der Waals surface area contributed by atoms with Crippen molar-refractivity contribution in [1.29, 1.82) is 0 Å². The monoisotopic (exact) mass is 309 g/mol. The van der Waals surface area contributed by atoms with Gasteiger partial charge in [0.1, 0.15) is 5.75 Å². The number of ether oxygens (including phenoxy) is 1. The summed E-state index contributed by atoms with van der Waals surface area (Å²) in [4.78, 5) is 12.4. The summed E-state index contributed by atoms with van der Waals surface area (Å²) in [5.41, 5.74) is 1.72. The van der Waals surface area contributed by atoms with Crippen LogP contribution < -0.4 is 10.1 Å². The van der Waals surface area contributed by atoms with Gasteiger partial charge in [-0.2, -0.15) is 8.78 Å². The molecule has 3 nitrogen and oxygen atoms in total. The standard InChI is InChI=1S/C17H21F2NO2/c1-10(2)9-13-14(17(13,3)4)15(21)20-11-5-7-12(8-6-11)22-16(18)19/h5-9,13-14,16H,1-4H3,(H,20,21)/t13-,14+/m0/s1. The van der Waals surface area contributed by atoms with Gasteiger partial charge in [-0.15, -0.1) is 0 Å². The van der Waals surface area contributed by atoms with E-state index in [0.717, 1.165) is 0 Å². The number of allylic oxidation sites excluding steroid dienone is 2. The van der Waals surface area contributed by atoms with Crippen LogP contribution in [-0.4, -0.2) is 12.5 Å². The largest absolute Gasteiger partial charge is 0.435 e. The lowest BCUT2D eigenvalue weighted by molar-refractivity contribution is -0.118. The average Bonchev–Trinajstić information content (AvgIpc) is 2.91. The minimum atomic E-state index is -2.85. The lowest BCUT2D eigenvalue weighted by atomic mass is 10.1. The first kappa shape index (κ1) is 16.5. The molecular formula is C17H21F2NO2. The minimum absolute atomic E-state index is 0.0463. The molecule has 2 atom stereocenters. The van der Waals surface area contributed by atoms with Crippen LogP contribution >= 0.6 is 0 Å². The van der Waals surface area contributed by atoms with Crippen molar-refractivity contribution in [2.45, 2.75) is 34.3 Å². The van der Waals surface area contributed by atoms with Gasteiger partial charge in [0, 0.05) is 5.69 Å². The molecule has 1 N–H and O–H groups in total. The van der Waals surface area contributed by atoms with Gasteiger partial charge in [0.05, 0.1) is 5.92 Å². The molecule has 0 saturated heterocycles. The van der Waals surface area contributed by atoms with E-state index < -0.39 is 6.61 Å². The smallest absolute Gasteiger partial charge is 0.387 e. The van der Waals surface area contributed by atoms with Crippen molar-refractivity contribution in [3.05, 3.63) is 35.9 Å². The Morgan fingerprint density at radius 3 is 2.36 bits per heavy atom. The van der Waals surface area contributed by atoms with Gasteiger partial charge in [0.15, 0.2) is 0 Å². The maximum atomic E-state index is 12.4. The number of carbonyl (C=O) groups excluding carboxylic acids is 1. The summed E-state index contributed by atoms with van der Waals surface area (Å²) in [5, 5.41) is 2.83. The number of benzene rings is 1. The predicted molar refractivity (Wildman–Crippen MR) is 81.9 cm³/mol. The fourth-order valence-electron chi connectivity index (χ4n) is 2.79. The molecule has 1 fully saturated rings. The van der Waals surface area contributed by atoms with Gasteiger partial charge in [0.2, 0.25) is 5.91 Å². The summed E-state index contributed by atoms with van der Waals surface area (Å²) < 4.78 is 28.4. The van der Waals surface area contributed by atoms with E-state index in [9.17, 15) is 13.6 Å². The van der Waals surface area contributed by atoms with Crippen molar-refractivity contribution < 1.29 is 18.3 Å². The molecule has 0 radical (unpaired) electrons. The Kier molecular flexibility index (Phi) is 4.54. The van der Waals surface area contributed by atoms with E-state index in [1.54, 1.807) is 12.1 Å². The third-order valence-corrected chi connectivity index (χ3v) is 4.05. The molecule has 0 bridgehead atoms. The predicted octanol–water partition coefficient (Wildman–Crippen LogP) is 4.46. The molecule has 1 aromatic rings. The summed E-state index contributed by atoms with van der Waals surface area (Å²) in [6.07, 6.45) is 2.13. The van der Waals surface area contributed by atoms with Crippen LogP contribution in [0, 0.1) is 17.3 Å². The first-order valence-electron chi connectivity index (χ1n) is 7.22. The second-order valence-corrected chi connectivity index (χ2v) is 6.46. The number of hydrogen-bond acceptors (Lipinski definition) is 2. The van der Waals surface area contributed by atoms with E-state index >= 15 is 0 Å². The maximum Gasteiger partial charge on any atom is 0.387 e. The zero-order valence-electron chi connectivity index (χ0n) is 13.2. The molecule has 0 heterocycles. The van der Waals surface area contributed by atoms with Gasteiger partial charge < -0.3 is 10.1 Å². The molecule has 2 rings (SSSR count). The molecule has 22 heavy (non-hydrogen) atoms. The van der Waals surface area contributed by atoms with Crippen LogP contribution in [0.1, 0.15) is 27.7 Å². The lowest BCUT2D eigenvalue weighted by Crippen LogP contribution is -2.16. The van der Waals surface area contributed by atoms with Crippen molar-refractivity contribution in [2.24, 2.45) is 17.3 Å². The fraction of sp³-hybridized carbons (Fsp3) is 0.471. The van der Waals surface area contributed by atoms with E-state index in [0.29, 0.717) is 5.69 Å². The Morgan fingerprint density at radius 1 is 1.27 bits per heavy atom. The van der Waals surface area contributed by atoms with Crippen LogP contribution in [0.25, 0.3) is 0 Å². The highest BCUT2D eigenvalue weighted by molar-refractivity contribution is 5.95. The van der Waals surface area contributed by atoms with Crippen LogP contribution in [-0.2, 0) is 4.79 Å². The van der Waals surface area contributed by atoms with Crippen LogP contribution in [0.3, 0.4) is 0 Å². The van der Waals surface area contributed by atoms with Gasteiger partial charge in [-0.3, -0.25) is 4.79 Å². The molecule has 1 aliphatic carbocycles. The summed E-state index contributed by atoms with van der Waals surface area (Å²) in [5.74, 6) is 0.190. The molecule has 1 saturated carbocycles. The van der Waals surface area contributed by atoms with E-state index in [1.807, 2.05) is 13.8 Å². The average molecular weight is 309 g/mol. The van der Waals surface area contributed by atoms with Crippen molar-refractivity contribution in [2.75, 3.05) is 5.32 Å². The maximum absolute atomic E-state index is 12.4. The number of amides is 1. The summed E-state index contributed by atoms with van der Waals surface area (Å²) >= 11 is 0. The second-order valence-electron chi connectivity index (χ2n) is 6.46. The number of nitrogens with one attached hydrogen (secondary N) is 1. The van der Waals surface area contributed by atoms with Gasteiger partial charge in [-0.1, -0.05) is 25.5 Å². The van der Waals surface area contributed by atoms with Crippen molar-refractivity contribution >= 4 is 11.6 Å². The molecule has 5 heteroatoms. The molecule has 0 aliphatic heterocycles. The fourth-order valence-corrected chi connectivity index (χ4v) is 2.79. The Hall–Kier alpha value is -1.91. The molecule has 1 aromatic carbocycles. The lowest BCUT2D eigenvalue weighted by Gasteiger charge is -2.08.